The van der Waals surface area contributed by atoms with Gasteiger partial charge < -0.3 is 0 Å². The van der Waals surface area contributed by atoms with Gasteiger partial charge in [0.05, 0.1) is 16.4 Å². The van der Waals surface area contributed by atoms with Crippen LogP contribution in [0.15, 0.2) is 47.6 Å². The SMILES string of the molecule is CC(=O)N(/N=C\c1ccc(C)cc1)c1nc2ccc(F)cc2s1. The first-order valence-electron chi connectivity index (χ1n) is 7.00. The highest BCUT2D eigenvalue weighted by molar-refractivity contribution is 7.22. The van der Waals surface area contributed by atoms with Crippen LogP contribution in [-0.4, -0.2) is 17.1 Å². The molecule has 0 aliphatic rings. The summed E-state index contributed by atoms with van der Waals surface area (Å²) in [4.78, 5) is 16.2. The maximum absolute atomic E-state index is 13.3. The van der Waals surface area contributed by atoms with Crippen molar-refractivity contribution >= 4 is 38.8 Å². The minimum atomic E-state index is -0.328. The molecule has 3 rings (SSSR count). The summed E-state index contributed by atoms with van der Waals surface area (Å²) in [5.74, 6) is -0.585. The van der Waals surface area contributed by atoms with Gasteiger partial charge in [-0.3, -0.25) is 4.79 Å². The second-order valence-corrected chi connectivity index (χ2v) is 6.10. The number of thiazole rings is 1. The van der Waals surface area contributed by atoms with Crippen molar-refractivity contribution in [1.29, 1.82) is 0 Å². The molecule has 1 aromatic heterocycles. The molecule has 1 heterocycles. The van der Waals surface area contributed by atoms with Crippen LogP contribution in [0.1, 0.15) is 18.1 Å². The van der Waals surface area contributed by atoms with E-state index < -0.39 is 0 Å². The van der Waals surface area contributed by atoms with Gasteiger partial charge in [-0.25, -0.2) is 9.37 Å². The molecule has 2 aromatic carbocycles. The van der Waals surface area contributed by atoms with Crippen molar-refractivity contribution in [2.75, 3.05) is 5.01 Å². The Kier molecular flexibility index (Phi) is 4.16. The molecule has 0 saturated heterocycles. The van der Waals surface area contributed by atoms with Crippen LogP contribution in [0.4, 0.5) is 9.52 Å². The third-order valence-corrected chi connectivity index (χ3v) is 4.21. The zero-order valence-electron chi connectivity index (χ0n) is 12.7. The number of halogens is 1. The number of aromatic nitrogens is 1. The van der Waals surface area contributed by atoms with E-state index in [0.29, 0.717) is 15.3 Å². The summed E-state index contributed by atoms with van der Waals surface area (Å²) in [7, 11) is 0. The second-order valence-electron chi connectivity index (χ2n) is 5.09. The monoisotopic (exact) mass is 327 g/mol. The number of benzene rings is 2. The number of hydrazone groups is 1. The number of hydrogen-bond acceptors (Lipinski definition) is 4. The topological polar surface area (TPSA) is 45.6 Å². The first-order valence-corrected chi connectivity index (χ1v) is 7.82. The van der Waals surface area contributed by atoms with E-state index in [1.165, 1.54) is 35.4 Å². The van der Waals surface area contributed by atoms with Crippen LogP contribution in [0, 0.1) is 12.7 Å². The number of carbonyl (C=O) groups is 1. The van der Waals surface area contributed by atoms with E-state index in [0.717, 1.165) is 11.1 Å². The number of carbonyl (C=O) groups excluding carboxylic acids is 1. The number of hydrogen-bond donors (Lipinski definition) is 0. The number of anilines is 1. The van der Waals surface area contributed by atoms with Gasteiger partial charge in [0.25, 0.3) is 0 Å². The van der Waals surface area contributed by atoms with Gasteiger partial charge in [0.1, 0.15) is 5.82 Å². The lowest BCUT2D eigenvalue weighted by Crippen LogP contribution is -2.22. The number of amides is 1. The normalized spacial score (nSPS) is 11.3. The maximum Gasteiger partial charge on any atom is 0.246 e. The summed E-state index contributed by atoms with van der Waals surface area (Å²) in [6, 6.07) is 12.1. The molecule has 0 aliphatic carbocycles. The van der Waals surface area contributed by atoms with Crippen molar-refractivity contribution in [3.8, 4) is 0 Å². The highest BCUT2D eigenvalue weighted by atomic mass is 32.1. The average molecular weight is 327 g/mol. The largest absolute Gasteiger partial charge is 0.273 e. The fourth-order valence-electron chi connectivity index (χ4n) is 2.02. The van der Waals surface area contributed by atoms with Gasteiger partial charge in [-0.2, -0.15) is 10.1 Å². The van der Waals surface area contributed by atoms with E-state index in [1.807, 2.05) is 31.2 Å². The van der Waals surface area contributed by atoms with Crippen molar-refractivity contribution in [3.05, 3.63) is 59.4 Å². The summed E-state index contributed by atoms with van der Waals surface area (Å²) in [5.41, 5.74) is 2.68. The Morgan fingerprint density at radius 2 is 2.00 bits per heavy atom. The Hall–Kier alpha value is -2.60. The van der Waals surface area contributed by atoms with Crippen molar-refractivity contribution < 1.29 is 9.18 Å². The minimum absolute atomic E-state index is 0.257. The fraction of sp³-hybridized carbons (Fsp3) is 0.118. The first kappa shape index (κ1) is 15.3. The van der Waals surface area contributed by atoms with Crippen molar-refractivity contribution in [3.63, 3.8) is 0 Å². The first-order chi connectivity index (χ1) is 11.0. The van der Waals surface area contributed by atoms with E-state index in [4.69, 9.17) is 0 Å². The molecule has 0 radical (unpaired) electrons. The second kappa shape index (κ2) is 6.26. The summed E-state index contributed by atoms with van der Waals surface area (Å²) in [5, 5.41) is 5.87. The molecule has 0 saturated carbocycles. The van der Waals surface area contributed by atoms with E-state index in [1.54, 1.807) is 12.3 Å². The summed E-state index contributed by atoms with van der Waals surface area (Å²) in [6.45, 7) is 3.42. The molecule has 0 bridgehead atoms. The highest BCUT2D eigenvalue weighted by Crippen LogP contribution is 2.29. The van der Waals surface area contributed by atoms with E-state index in [2.05, 4.69) is 10.1 Å². The molecule has 0 spiro atoms. The molecule has 6 heteroatoms. The summed E-state index contributed by atoms with van der Waals surface area (Å²) >= 11 is 1.23. The van der Waals surface area contributed by atoms with Crippen LogP contribution >= 0.6 is 11.3 Å². The minimum Gasteiger partial charge on any atom is -0.273 e. The Balaban J connectivity index is 1.93. The molecular formula is C17H14FN3OS. The van der Waals surface area contributed by atoms with Gasteiger partial charge in [0.2, 0.25) is 11.0 Å². The van der Waals surface area contributed by atoms with Crippen molar-refractivity contribution in [2.45, 2.75) is 13.8 Å². The van der Waals surface area contributed by atoms with Crippen LogP contribution in [0.2, 0.25) is 0 Å². The van der Waals surface area contributed by atoms with E-state index in [9.17, 15) is 9.18 Å². The number of rotatable bonds is 3. The quantitative estimate of drug-likeness (QED) is 0.536. The van der Waals surface area contributed by atoms with Crippen molar-refractivity contribution in [1.82, 2.24) is 4.98 Å². The zero-order valence-corrected chi connectivity index (χ0v) is 13.5. The Labute approximate surface area is 136 Å². The Morgan fingerprint density at radius 3 is 2.70 bits per heavy atom. The fourth-order valence-corrected chi connectivity index (χ4v) is 3.01. The summed E-state index contributed by atoms with van der Waals surface area (Å²) in [6.07, 6.45) is 1.60. The Bertz CT molecular complexity index is 886. The molecule has 0 aliphatic heterocycles. The molecule has 0 atom stereocenters. The molecule has 0 N–H and O–H groups in total. The van der Waals surface area contributed by atoms with Crippen LogP contribution < -0.4 is 5.01 Å². The van der Waals surface area contributed by atoms with Crippen LogP contribution in [0.25, 0.3) is 10.2 Å². The van der Waals surface area contributed by atoms with Gasteiger partial charge in [0, 0.05) is 6.92 Å². The molecule has 23 heavy (non-hydrogen) atoms. The lowest BCUT2D eigenvalue weighted by molar-refractivity contribution is -0.116. The molecule has 116 valence electrons. The maximum atomic E-state index is 13.3. The standard InChI is InChI=1S/C17H14FN3OS/c1-11-3-5-13(6-4-11)10-19-21(12(2)22)17-20-15-8-7-14(18)9-16(15)23-17/h3-10H,1-2H3/b19-10-. The van der Waals surface area contributed by atoms with E-state index >= 15 is 0 Å². The lowest BCUT2D eigenvalue weighted by atomic mass is 10.2. The molecule has 3 aromatic rings. The Morgan fingerprint density at radius 1 is 1.26 bits per heavy atom. The van der Waals surface area contributed by atoms with Crippen LogP contribution in [0.3, 0.4) is 0 Å². The van der Waals surface area contributed by atoms with Crippen molar-refractivity contribution in [2.24, 2.45) is 5.10 Å². The number of fused-ring (bicyclic) bond motifs is 1. The zero-order chi connectivity index (χ0) is 16.4. The van der Waals surface area contributed by atoms with Gasteiger partial charge in [-0.05, 0) is 30.7 Å². The number of nitrogens with zero attached hydrogens (tertiary/aromatic N) is 3. The molecule has 0 unspecified atom stereocenters. The third kappa shape index (κ3) is 3.43. The molecule has 1 amide bonds. The number of aryl methyl sites for hydroxylation is 1. The highest BCUT2D eigenvalue weighted by Gasteiger charge is 2.15. The average Bonchev–Trinajstić information content (AvgIpc) is 2.91. The van der Waals surface area contributed by atoms with E-state index in [-0.39, 0.29) is 11.7 Å². The van der Waals surface area contributed by atoms with Gasteiger partial charge in [0.15, 0.2) is 0 Å². The van der Waals surface area contributed by atoms with Gasteiger partial charge in [-0.15, -0.1) is 0 Å². The lowest BCUT2D eigenvalue weighted by Gasteiger charge is -2.10. The van der Waals surface area contributed by atoms with Gasteiger partial charge in [-0.1, -0.05) is 41.2 Å². The predicted octanol–water partition coefficient (Wildman–Crippen LogP) is 4.13. The summed E-state index contributed by atoms with van der Waals surface area (Å²) < 4.78 is 14.0. The van der Waals surface area contributed by atoms with Gasteiger partial charge >= 0.3 is 0 Å². The predicted molar refractivity (Wildman–Crippen MR) is 91.5 cm³/mol. The van der Waals surface area contributed by atoms with Crippen LogP contribution in [-0.2, 0) is 4.79 Å². The molecular weight excluding hydrogens is 313 g/mol. The molecule has 0 fully saturated rings. The smallest absolute Gasteiger partial charge is 0.246 e. The van der Waals surface area contributed by atoms with Crippen LogP contribution in [0.5, 0.6) is 0 Å². The molecule has 4 nitrogen and oxygen atoms in total. The third-order valence-electron chi connectivity index (χ3n) is 3.22.